The first-order valence-corrected chi connectivity index (χ1v) is 10.6. The Morgan fingerprint density at radius 1 is 1.15 bits per heavy atom. The van der Waals surface area contributed by atoms with E-state index in [1.54, 1.807) is 27.1 Å². The molecular weight excluding hydrogens is 437 g/mol. The summed E-state index contributed by atoms with van der Waals surface area (Å²) >= 11 is 0. The molecule has 0 unspecified atom stereocenters. The van der Waals surface area contributed by atoms with Crippen molar-refractivity contribution in [1.29, 1.82) is 0 Å². The molecule has 3 heterocycles. The van der Waals surface area contributed by atoms with Gasteiger partial charge in [-0.05, 0) is 13.0 Å². The van der Waals surface area contributed by atoms with E-state index in [1.165, 1.54) is 16.7 Å². The number of morpholine rings is 1. The Kier molecular flexibility index (Phi) is 6.41. The molecule has 0 spiro atoms. The highest BCUT2D eigenvalue weighted by atomic mass is 19.3. The second kappa shape index (κ2) is 9.26. The molecule has 0 bridgehead atoms. The Bertz CT molecular complexity index is 1230. The van der Waals surface area contributed by atoms with Gasteiger partial charge in [0.25, 0.3) is 12.0 Å². The lowest BCUT2D eigenvalue weighted by atomic mass is 10.0. The average Bonchev–Trinajstić information content (AvgIpc) is 2.81. The van der Waals surface area contributed by atoms with Crippen LogP contribution in [0.3, 0.4) is 0 Å². The van der Waals surface area contributed by atoms with Gasteiger partial charge >= 0.3 is 0 Å². The fourth-order valence-corrected chi connectivity index (χ4v) is 3.92. The van der Waals surface area contributed by atoms with Gasteiger partial charge in [0.1, 0.15) is 23.0 Å². The molecule has 0 aliphatic carbocycles. The molecule has 0 radical (unpaired) electrons. The summed E-state index contributed by atoms with van der Waals surface area (Å²) in [6.07, 6.45) is -2.92. The molecule has 1 aliphatic heterocycles. The maximum atomic E-state index is 14.7. The van der Waals surface area contributed by atoms with Gasteiger partial charge in [0, 0.05) is 32.7 Å². The molecule has 1 atom stereocenters. The van der Waals surface area contributed by atoms with E-state index in [0.29, 0.717) is 48.8 Å². The molecule has 33 heavy (non-hydrogen) atoms. The monoisotopic (exact) mass is 462 g/mol. The molecule has 2 aromatic heterocycles. The van der Waals surface area contributed by atoms with Gasteiger partial charge in [0.2, 0.25) is 5.95 Å². The second-order valence-electron chi connectivity index (χ2n) is 7.79. The van der Waals surface area contributed by atoms with Gasteiger partial charge in [-0.1, -0.05) is 18.2 Å². The number of nitrogens with one attached hydrogen (secondary N) is 2. The Morgan fingerprint density at radius 2 is 1.85 bits per heavy atom. The van der Waals surface area contributed by atoms with Crippen molar-refractivity contribution in [2.24, 2.45) is 7.05 Å². The standard InChI is InChI=1S/C22H25F3N6O2/c1-12(13-5-4-6-14(17(13)23)18(24)25)27-19-15-11-16(31-7-9-33-10-8-31)21(32)30(3)20(15)29-22(26-2)28-19/h4-6,11-12,18H,7-10H2,1-3H3,(H2,26,27,28,29)/t12-/m1/s1. The van der Waals surface area contributed by atoms with Crippen molar-refractivity contribution in [2.75, 3.05) is 48.9 Å². The zero-order valence-corrected chi connectivity index (χ0v) is 18.5. The lowest BCUT2D eigenvalue weighted by Crippen LogP contribution is -2.40. The van der Waals surface area contributed by atoms with Crippen molar-refractivity contribution in [3.8, 4) is 0 Å². The first kappa shape index (κ1) is 22.8. The Hall–Kier alpha value is -3.34. The van der Waals surface area contributed by atoms with Crippen molar-refractivity contribution in [2.45, 2.75) is 19.4 Å². The number of benzene rings is 1. The van der Waals surface area contributed by atoms with E-state index in [0.717, 1.165) is 6.07 Å². The number of anilines is 3. The van der Waals surface area contributed by atoms with Gasteiger partial charge in [-0.2, -0.15) is 9.97 Å². The molecule has 1 fully saturated rings. The summed E-state index contributed by atoms with van der Waals surface area (Å²) in [5.41, 5.74) is 0.0915. The van der Waals surface area contributed by atoms with Crippen molar-refractivity contribution in [3.05, 3.63) is 51.6 Å². The predicted molar refractivity (Wildman–Crippen MR) is 121 cm³/mol. The maximum Gasteiger partial charge on any atom is 0.275 e. The highest BCUT2D eigenvalue weighted by Crippen LogP contribution is 2.31. The summed E-state index contributed by atoms with van der Waals surface area (Å²) in [6, 6.07) is 4.95. The molecule has 4 rings (SSSR count). The number of hydrogen-bond donors (Lipinski definition) is 2. The second-order valence-corrected chi connectivity index (χ2v) is 7.79. The van der Waals surface area contributed by atoms with Crippen LogP contribution >= 0.6 is 0 Å². The van der Waals surface area contributed by atoms with Crippen molar-refractivity contribution in [1.82, 2.24) is 14.5 Å². The van der Waals surface area contributed by atoms with E-state index in [-0.39, 0.29) is 17.1 Å². The van der Waals surface area contributed by atoms with Crippen molar-refractivity contribution >= 4 is 28.5 Å². The quantitative estimate of drug-likeness (QED) is 0.581. The smallest absolute Gasteiger partial charge is 0.275 e. The number of pyridine rings is 1. The van der Waals surface area contributed by atoms with Crippen LogP contribution in [-0.4, -0.2) is 47.9 Å². The van der Waals surface area contributed by atoms with E-state index in [1.807, 2.05) is 4.90 Å². The van der Waals surface area contributed by atoms with E-state index in [2.05, 4.69) is 20.6 Å². The van der Waals surface area contributed by atoms with Crippen LogP contribution in [0.1, 0.15) is 30.5 Å². The van der Waals surface area contributed by atoms with Gasteiger partial charge in [-0.25, -0.2) is 13.2 Å². The SMILES string of the molecule is CNc1nc(N[C@H](C)c2cccc(C(F)F)c2F)c2cc(N3CCOCC3)c(=O)n(C)c2n1. The first-order chi connectivity index (χ1) is 15.8. The highest BCUT2D eigenvalue weighted by Gasteiger charge is 2.23. The number of hydrogen-bond acceptors (Lipinski definition) is 7. The van der Waals surface area contributed by atoms with Crippen LogP contribution in [0, 0.1) is 5.82 Å². The fourth-order valence-electron chi connectivity index (χ4n) is 3.92. The molecule has 0 amide bonds. The number of rotatable bonds is 6. The summed E-state index contributed by atoms with van der Waals surface area (Å²) in [6.45, 7) is 3.82. The summed E-state index contributed by atoms with van der Waals surface area (Å²) < 4.78 is 47.9. The molecule has 1 saturated heterocycles. The predicted octanol–water partition coefficient (Wildman–Crippen LogP) is 3.46. The third-order valence-electron chi connectivity index (χ3n) is 5.74. The normalized spacial score (nSPS) is 15.2. The molecule has 8 nitrogen and oxygen atoms in total. The van der Waals surface area contributed by atoms with E-state index < -0.39 is 23.8 Å². The number of alkyl halides is 2. The van der Waals surface area contributed by atoms with Crippen LogP contribution in [0.25, 0.3) is 11.0 Å². The summed E-state index contributed by atoms with van der Waals surface area (Å²) in [5, 5.41) is 6.53. The molecule has 1 aliphatic rings. The molecule has 1 aromatic carbocycles. The Morgan fingerprint density at radius 3 is 2.52 bits per heavy atom. The number of ether oxygens (including phenoxy) is 1. The van der Waals surface area contributed by atoms with Gasteiger partial charge in [-0.15, -0.1) is 0 Å². The minimum atomic E-state index is -2.92. The third-order valence-corrected chi connectivity index (χ3v) is 5.74. The summed E-state index contributed by atoms with van der Waals surface area (Å²) in [4.78, 5) is 23.9. The Balaban J connectivity index is 1.82. The van der Waals surface area contributed by atoms with E-state index >= 15 is 0 Å². The van der Waals surface area contributed by atoms with Crippen molar-refractivity contribution in [3.63, 3.8) is 0 Å². The van der Waals surface area contributed by atoms with Gasteiger partial charge in [0.15, 0.2) is 0 Å². The lowest BCUT2D eigenvalue weighted by Gasteiger charge is -2.29. The average molecular weight is 462 g/mol. The molecule has 176 valence electrons. The minimum Gasteiger partial charge on any atom is -0.378 e. The molecule has 3 aromatic rings. The largest absolute Gasteiger partial charge is 0.378 e. The first-order valence-electron chi connectivity index (χ1n) is 10.6. The highest BCUT2D eigenvalue weighted by molar-refractivity contribution is 5.90. The Labute approximate surface area is 188 Å². The van der Waals surface area contributed by atoms with Crippen LogP contribution < -0.4 is 21.1 Å². The lowest BCUT2D eigenvalue weighted by molar-refractivity contribution is 0.122. The number of fused-ring (bicyclic) bond motifs is 1. The van der Waals surface area contributed by atoms with Gasteiger partial charge in [0.05, 0.1) is 30.2 Å². The zero-order chi connectivity index (χ0) is 23.7. The topological polar surface area (TPSA) is 84.3 Å². The summed E-state index contributed by atoms with van der Waals surface area (Å²) in [5.74, 6) is -0.349. The van der Waals surface area contributed by atoms with Crippen LogP contribution in [-0.2, 0) is 11.8 Å². The van der Waals surface area contributed by atoms with Gasteiger partial charge < -0.3 is 20.3 Å². The van der Waals surface area contributed by atoms with E-state index in [9.17, 15) is 18.0 Å². The number of nitrogens with zero attached hydrogens (tertiary/aromatic N) is 4. The number of aryl methyl sites for hydroxylation is 1. The fraction of sp³-hybridized carbons (Fsp3) is 0.409. The van der Waals surface area contributed by atoms with Gasteiger partial charge in [-0.3, -0.25) is 9.36 Å². The molecule has 0 saturated carbocycles. The number of aromatic nitrogens is 3. The maximum absolute atomic E-state index is 14.7. The van der Waals surface area contributed by atoms with Crippen LogP contribution in [0.15, 0.2) is 29.1 Å². The molecular formula is C22H25F3N6O2. The van der Waals surface area contributed by atoms with Crippen molar-refractivity contribution < 1.29 is 17.9 Å². The van der Waals surface area contributed by atoms with Crippen LogP contribution in [0.4, 0.5) is 30.6 Å². The molecule has 11 heteroatoms. The van der Waals surface area contributed by atoms with Crippen LogP contribution in [0.2, 0.25) is 0 Å². The number of halogens is 3. The zero-order valence-electron chi connectivity index (χ0n) is 18.5. The third kappa shape index (κ3) is 4.32. The van der Waals surface area contributed by atoms with E-state index in [4.69, 9.17) is 4.74 Å². The summed E-state index contributed by atoms with van der Waals surface area (Å²) in [7, 11) is 3.26. The van der Waals surface area contributed by atoms with Crippen LogP contribution in [0.5, 0.6) is 0 Å². The molecule has 2 N–H and O–H groups in total. The minimum absolute atomic E-state index is 0.0868.